The number of hydrogen-bond acceptors (Lipinski definition) is 5. The van der Waals surface area contributed by atoms with E-state index in [9.17, 15) is 10.1 Å². The topological polar surface area (TPSA) is 78.3 Å². The zero-order chi connectivity index (χ0) is 22.0. The lowest BCUT2D eigenvalue weighted by atomic mass is 10.0. The van der Waals surface area contributed by atoms with E-state index in [0.29, 0.717) is 43.2 Å². The van der Waals surface area contributed by atoms with Crippen LogP contribution in [-0.2, 0) is 0 Å². The molecule has 0 spiro atoms. The third kappa shape index (κ3) is 4.25. The first-order valence-corrected chi connectivity index (χ1v) is 10.6. The number of nitrogens with zero attached hydrogens (tertiary/aromatic N) is 5. The van der Waals surface area contributed by atoms with E-state index in [2.05, 4.69) is 29.9 Å². The number of furan rings is 1. The summed E-state index contributed by atoms with van der Waals surface area (Å²) in [6.07, 6.45) is 1.78. The maximum Gasteiger partial charge on any atom is 0.257 e. The number of hydrogen-bond donors (Lipinski definition) is 0. The Balaban J connectivity index is 1.61. The van der Waals surface area contributed by atoms with E-state index in [1.54, 1.807) is 10.9 Å². The van der Waals surface area contributed by atoms with Crippen LogP contribution in [0.1, 0.15) is 30.0 Å². The maximum atomic E-state index is 13.5. The van der Waals surface area contributed by atoms with Crippen molar-refractivity contribution >= 4 is 5.91 Å². The molecule has 1 fully saturated rings. The summed E-state index contributed by atoms with van der Waals surface area (Å²) in [5, 5.41) is 14.2. The van der Waals surface area contributed by atoms with Gasteiger partial charge in [0.2, 0.25) is 0 Å². The van der Waals surface area contributed by atoms with Gasteiger partial charge in [0.1, 0.15) is 17.5 Å². The van der Waals surface area contributed by atoms with E-state index >= 15 is 0 Å². The number of nitriles is 1. The zero-order valence-electron chi connectivity index (χ0n) is 18.2. The Bertz CT molecular complexity index is 1080. The second-order valence-electron chi connectivity index (χ2n) is 8.23. The standard InChI is InChI=1S/C24H27N5O2/c1-17(2)21(15-25)27-11-13-28(14-12-27)24(30)20-16-29(19-7-5-4-6-8-19)26-23(20)22-10-9-18(3)31-22/h4-10,16-17,21H,11-14H2,1-3H3. The SMILES string of the molecule is Cc1ccc(-c2nn(-c3ccccc3)cc2C(=O)N2CCN(C(C#N)C(C)C)CC2)o1. The summed E-state index contributed by atoms with van der Waals surface area (Å²) in [5.41, 5.74) is 1.94. The molecule has 3 aromatic rings. The number of amides is 1. The average Bonchev–Trinajstić information content (AvgIpc) is 3.41. The minimum atomic E-state index is -0.125. The summed E-state index contributed by atoms with van der Waals surface area (Å²) in [4.78, 5) is 17.5. The molecular formula is C24H27N5O2. The number of piperazine rings is 1. The van der Waals surface area contributed by atoms with Crippen molar-refractivity contribution in [2.75, 3.05) is 26.2 Å². The fourth-order valence-electron chi connectivity index (χ4n) is 4.01. The highest BCUT2D eigenvalue weighted by Crippen LogP contribution is 2.27. The molecule has 1 aliphatic rings. The molecule has 1 amide bonds. The van der Waals surface area contributed by atoms with Gasteiger partial charge in [0.15, 0.2) is 5.76 Å². The highest BCUT2D eigenvalue weighted by molar-refractivity contribution is 5.99. The fraction of sp³-hybridized carbons (Fsp3) is 0.375. The van der Waals surface area contributed by atoms with Gasteiger partial charge in [0.25, 0.3) is 5.91 Å². The molecular weight excluding hydrogens is 390 g/mol. The van der Waals surface area contributed by atoms with E-state index in [0.717, 1.165) is 11.4 Å². The quantitative estimate of drug-likeness (QED) is 0.632. The lowest BCUT2D eigenvalue weighted by Crippen LogP contribution is -2.52. The summed E-state index contributed by atoms with van der Waals surface area (Å²) in [6.45, 7) is 8.52. The fourth-order valence-corrected chi connectivity index (χ4v) is 4.01. The van der Waals surface area contributed by atoms with Gasteiger partial charge < -0.3 is 9.32 Å². The molecule has 7 nitrogen and oxygen atoms in total. The molecule has 1 atom stereocenters. The van der Waals surface area contributed by atoms with Crippen molar-refractivity contribution in [2.24, 2.45) is 5.92 Å². The third-order valence-corrected chi connectivity index (χ3v) is 5.70. The van der Waals surface area contributed by atoms with Crippen molar-refractivity contribution in [1.29, 1.82) is 5.26 Å². The second-order valence-corrected chi connectivity index (χ2v) is 8.23. The van der Waals surface area contributed by atoms with Gasteiger partial charge >= 0.3 is 0 Å². The molecule has 4 rings (SSSR count). The van der Waals surface area contributed by atoms with Gasteiger partial charge in [-0.15, -0.1) is 0 Å². The van der Waals surface area contributed by atoms with Crippen molar-refractivity contribution in [3.8, 4) is 23.2 Å². The van der Waals surface area contributed by atoms with Crippen LogP contribution in [0.5, 0.6) is 0 Å². The maximum absolute atomic E-state index is 13.5. The van der Waals surface area contributed by atoms with E-state index in [1.807, 2.05) is 54.3 Å². The van der Waals surface area contributed by atoms with Crippen LogP contribution in [0.4, 0.5) is 0 Å². The van der Waals surface area contributed by atoms with Gasteiger partial charge in [-0.05, 0) is 37.1 Å². The van der Waals surface area contributed by atoms with Crippen LogP contribution in [0, 0.1) is 24.2 Å². The Kier molecular flexibility index (Phi) is 5.92. The summed E-state index contributed by atoms with van der Waals surface area (Å²) in [5.74, 6) is 1.54. The number of benzene rings is 1. The van der Waals surface area contributed by atoms with Crippen LogP contribution in [0.3, 0.4) is 0 Å². The number of carbonyl (C=O) groups is 1. The Morgan fingerprint density at radius 1 is 1.10 bits per heavy atom. The largest absolute Gasteiger partial charge is 0.460 e. The predicted molar refractivity (Wildman–Crippen MR) is 118 cm³/mol. The third-order valence-electron chi connectivity index (χ3n) is 5.70. The molecule has 0 N–H and O–H groups in total. The first kappa shape index (κ1) is 20.9. The highest BCUT2D eigenvalue weighted by Gasteiger charge is 2.30. The van der Waals surface area contributed by atoms with Gasteiger partial charge in [-0.1, -0.05) is 32.0 Å². The van der Waals surface area contributed by atoms with Crippen molar-refractivity contribution in [2.45, 2.75) is 26.8 Å². The van der Waals surface area contributed by atoms with Crippen molar-refractivity contribution in [1.82, 2.24) is 19.6 Å². The van der Waals surface area contributed by atoms with Crippen molar-refractivity contribution in [3.63, 3.8) is 0 Å². The zero-order valence-corrected chi connectivity index (χ0v) is 18.2. The highest BCUT2D eigenvalue weighted by atomic mass is 16.3. The molecule has 7 heteroatoms. The van der Waals surface area contributed by atoms with Crippen LogP contribution in [0.25, 0.3) is 17.1 Å². The van der Waals surface area contributed by atoms with Gasteiger partial charge in [-0.2, -0.15) is 10.4 Å². The normalized spacial score (nSPS) is 15.8. The molecule has 0 radical (unpaired) electrons. The first-order chi connectivity index (χ1) is 15.0. The lowest BCUT2D eigenvalue weighted by Gasteiger charge is -2.38. The number of aryl methyl sites for hydroxylation is 1. The molecule has 160 valence electrons. The van der Waals surface area contributed by atoms with Crippen LogP contribution in [0.15, 0.2) is 53.1 Å². The summed E-state index contributed by atoms with van der Waals surface area (Å²) in [6, 6.07) is 15.7. The van der Waals surface area contributed by atoms with Crippen LogP contribution >= 0.6 is 0 Å². The van der Waals surface area contributed by atoms with Crippen molar-refractivity contribution < 1.29 is 9.21 Å². The van der Waals surface area contributed by atoms with Crippen LogP contribution in [-0.4, -0.2) is 57.7 Å². The van der Waals surface area contributed by atoms with Gasteiger partial charge in [-0.3, -0.25) is 9.69 Å². The number of carbonyl (C=O) groups excluding carboxylic acids is 1. The van der Waals surface area contributed by atoms with Crippen LogP contribution < -0.4 is 0 Å². The van der Waals surface area contributed by atoms with E-state index in [4.69, 9.17) is 4.42 Å². The monoisotopic (exact) mass is 417 g/mol. The number of aromatic nitrogens is 2. The molecule has 1 unspecified atom stereocenters. The van der Waals surface area contributed by atoms with Gasteiger partial charge in [0.05, 0.1) is 17.3 Å². The number of rotatable bonds is 5. The average molecular weight is 418 g/mol. The lowest BCUT2D eigenvalue weighted by molar-refractivity contribution is 0.0577. The Hall–Kier alpha value is -3.37. The number of para-hydroxylation sites is 1. The summed E-state index contributed by atoms with van der Waals surface area (Å²) >= 11 is 0. The minimum absolute atomic E-state index is 0.0658. The van der Waals surface area contributed by atoms with E-state index in [-0.39, 0.29) is 17.9 Å². The van der Waals surface area contributed by atoms with Crippen LogP contribution in [0.2, 0.25) is 0 Å². The molecule has 31 heavy (non-hydrogen) atoms. The Labute approximate surface area is 182 Å². The first-order valence-electron chi connectivity index (χ1n) is 10.6. The molecule has 3 heterocycles. The smallest absolute Gasteiger partial charge is 0.257 e. The molecule has 1 aliphatic heterocycles. The molecule has 0 saturated carbocycles. The second kappa shape index (κ2) is 8.78. The minimum Gasteiger partial charge on any atom is -0.460 e. The molecule has 2 aromatic heterocycles. The molecule has 1 aromatic carbocycles. The predicted octanol–water partition coefficient (Wildman–Crippen LogP) is 3.75. The molecule has 0 bridgehead atoms. The molecule has 0 aliphatic carbocycles. The Morgan fingerprint density at radius 2 is 1.81 bits per heavy atom. The van der Waals surface area contributed by atoms with E-state index in [1.165, 1.54) is 0 Å². The van der Waals surface area contributed by atoms with Gasteiger partial charge in [-0.25, -0.2) is 4.68 Å². The van der Waals surface area contributed by atoms with Gasteiger partial charge in [0, 0.05) is 32.4 Å². The summed E-state index contributed by atoms with van der Waals surface area (Å²) in [7, 11) is 0. The van der Waals surface area contributed by atoms with E-state index < -0.39 is 0 Å². The Morgan fingerprint density at radius 3 is 2.39 bits per heavy atom. The van der Waals surface area contributed by atoms with Crippen molar-refractivity contribution in [3.05, 3.63) is 60.0 Å². The molecule has 1 saturated heterocycles. The summed E-state index contributed by atoms with van der Waals surface area (Å²) < 4.78 is 7.52.